The topological polar surface area (TPSA) is 49.7 Å². The van der Waals surface area contributed by atoms with Crippen molar-refractivity contribution in [3.8, 4) is 0 Å². The predicted octanol–water partition coefficient (Wildman–Crippen LogP) is 1.87. The molecule has 0 radical (unpaired) electrons. The van der Waals surface area contributed by atoms with Crippen LogP contribution in [-0.2, 0) is 4.65 Å². The zero-order chi connectivity index (χ0) is 15.0. The number of hydrogen-bond acceptors (Lipinski definition) is 3. The molecule has 0 unspecified atom stereocenters. The minimum Gasteiger partial charge on any atom is -0.423 e. The second kappa shape index (κ2) is 5.36. The summed E-state index contributed by atoms with van der Waals surface area (Å²) < 4.78 is 31.8. The summed E-state index contributed by atoms with van der Waals surface area (Å²) in [6.07, 6.45) is 0. The Morgan fingerprint density at radius 2 is 1.74 bits per heavy atom. The Hall–Kier alpha value is -0.685. The number of halogens is 3. The fraction of sp³-hybridized carbons (Fsp3) is 0.500. The molecule has 0 saturated carbocycles. The van der Waals surface area contributed by atoms with E-state index in [0.29, 0.717) is 6.07 Å². The first-order valence-corrected chi connectivity index (χ1v) is 6.06. The summed E-state index contributed by atoms with van der Waals surface area (Å²) in [4.78, 5) is 0. The molecule has 0 amide bonds. The second-order valence-corrected chi connectivity index (χ2v) is 5.73. The van der Waals surface area contributed by atoms with Gasteiger partial charge >= 0.3 is 7.12 Å². The Labute approximate surface area is 116 Å². The smallest absolute Gasteiger partial charge is 0.423 e. The highest BCUT2D eigenvalue weighted by molar-refractivity contribution is 6.64. The van der Waals surface area contributed by atoms with Crippen LogP contribution in [-0.4, -0.2) is 28.5 Å². The van der Waals surface area contributed by atoms with Gasteiger partial charge in [0.15, 0.2) is 0 Å². The Morgan fingerprint density at radius 3 is 2.16 bits per heavy atom. The molecule has 0 aliphatic carbocycles. The second-order valence-electron chi connectivity index (χ2n) is 5.32. The van der Waals surface area contributed by atoms with Crippen LogP contribution in [0, 0.1) is 11.6 Å². The minimum atomic E-state index is -1.71. The molecule has 0 fully saturated rings. The highest BCUT2D eigenvalue weighted by atomic mass is 35.5. The van der Waals surface area contributed by atoms with Crippen molar-refractivity contribution in [1.82, 2.24) is 0 Å². The highest BCUT2D eigenvalue weighted by Gasteiger charge is 2.40. The molecular weight excluding hydrogens is 276 g/mol. The van der Waals surface area contributed by atoms with Gasteiger partial charge < -0.3 is 14.8 Å². The number of benzene rings is 1. The lowest BCUT2D eigenvalue weighted by molar-refractivity contribution is -0.0983. The maximum Gasteiger partial charge on any atom is 0.496 e. The molecule has 1 aromatic carbocycles. The van der Waals surface area contributed by atoms with Gasteiger partial charge in [-0.15, -0.1) is 0 Å². The average Bonchev–Trinajstić information content (AvgIpc) is 2.12. The van der Waals surface area contributed by atoms with Crippen LogP contribution in [0.5, 0.6) is 0 Å². The van der Waals surface area contributed by atoms with Crippen LogP contribution < -0.4 is 5.46 Å². The zero-order valence-electron chi connectivity index (χ0n) is 11.2. The zero-order valence-corrected chi connectivity index (χ0v) is 11.9. The molecule has 0 aliphatic heterocycles. The maximum absolute atomic E-state index is 13.6. The monoisotopic (exact) mass is 292 g/mol. The van der Waals surface area contributed by atoms with Gasteiger partial charge in [-0.3, -0.25) is 0 Å². The fourth-order valence-electron chi connectivity index (χ4n) is 1.27. The van der Waals surface area contributed by atoms with Gasteiger partial charge in [0.2, 0.25) is 0 Å². The molecule has 19 heavy (non-hydrogen) atoms. The van der Waals surface area contributed by atoms with Crippen molar-refractivity contribution in [2.24, 2.45) is 0 Å². The van der Waals surface area contributed by atoms with Crippen LogP contribution in [0.1, 0.15) is 27.7 Å². The molecule has 0 spiro atoms. The van der Waals surface area contributed by atoms with E-state index in [1.54, 1.807) is 0 Å². The molecule has 2 N–H and O–H groups in total. The van der Waals surface area contributed by atoms with E-state index in [0.717, 1.165) is 6.07 Å². The third-order valence-corrected chi connectivity index (χ3v) is 3.48. The summed E-state index contributed by atoms with van der Waals surface area (Å²) >= 11 is 5.69. The fourth-order valence-corrected chi connectivity index (χ4v) is 1.56. The Morgan fingerprint density at radius 1 is 1.21 bits per heavy atom. The van der Waals surface area contributed by atoms with Crippen molar-refractivity contribution in [2.45, 2.75) is 38.9 Å². The van der Waals surface area contributed by atoms with Crippen LogP contribution >= 0.6 is 11.6 Å². The summed E-state index contributed by atoms with van der Waals surface area (Å²) in [5.74, 6) is -1.86. The first kappa shape index (κ1) is 16.4. The first-order valence-electron chi connectivity index (χ1n) is 5.68. The van der Waals surface area contributed by atoms with Gasteiger partial charge in [0.05, 0.1) is 11.2 Å². The van der Waals surface area contributed by atoms with Gasteiger partial charge in [-0.2, -0.15) is 0 Å². The lowest BCUT2D eigenvalue weighted by Crippen LogP contribution is -2.53. The Bertz CT molecular complexity index is 452. The highest BCUT2D eigenvalue weighted by Crippen LogP contribution is 2.26. The van der Waals surface area contributed by atoms with Crippen LogP contribution in [0.3, 0.4) is 0 Å². The lowest BCUT2D eigenvalue weighted by atomic mass is 9.76. The van der Waals surface area contributed by atoms with E-state index < -0.39 is 30.0 Å². The van der Waals surface area contributed by atoms with Crippen molar-refractivity contribution in [3.63, 3.8) is 0 Å². The molecule has 1 rings (SSSR count). The quantitative estimate of drug-likeness (QED) is 0.833. The van der Waals surface area contributed by atoms with Crippen molar-refractivity contribution in [3.05, 3.63) is 28.8 Å². The Kier molecular flexibility index (Phi) is 4.62. The maximum atomic E-state index is 13.6. The number of aliphatic hydroxyl groups is 1. The molecule has 0 aliphatic rings. The number of hydrogen-bond donors (Lipinski definition) is 2. The molecular formula is C12H16BClF2O3. The Balaban J connectivity index is 3.06. The van der Waals surface area contributed by atoms with Crippen molar-refractivity contribution in [1.29, 1.82) is 0 Å². The predicted molar refractivity (Wildman–Crippen MR) is 70.4 cm³/mol. The molecule has 0 bridgehead atoms. The van der Waals surface area contributed by atoms with Crippen LogP contribution in [0.25, 0.3) is 0 Å². The summed E-state index contributed by atoms with van der Waals surface area (Å²) in [6.45, 7) is 6.04. The molecule has 0 atom stereocenters. The standard InChI is InChI=1S/C12H16BClF2O3/c1-11(2,17)12(3,4)19-13(18)10-8(14)5-7(15)6-9(10)16/h5-6,17-18H,1-4H3. The van der Waals surface area contributed by atoms with Gasteiger partial charge in [0.1, 0.15) is 11.6 Å². The van der Waals surface area contributed by atoms with Gasteiger partial charge in [0, 0.05) is 16.6 Å². The van der Waals surface area contributed by atoms with Gasteiger partial charge in [0.25, 0.3) is 0 Å². The molecule has 0 saturated heterocycles. The molecule has 0 aromatic heterocycles. The molecule has 3 nitrogen and oxygen atoms in total. The van der Waals surface area contributed by atoms with Crippen LogP contribution in [0.4, 0.5) is 8.78 Å². The minimum absolute atomic E-state index is 0.281. The number of rotatable bonds is 4. The normalized spacial score (nSPS) is 12.7. The van der Waals surface area contributed by atoms with Crippen molar-refractivity contribution < 1.29 is 23.6 Å². The van der Waals surface area contributed by atoms with Crippen molar-refractivity contribution >= 4 is 24.2 Å². The van der Waals surface area contributed by atoms with Crippen LogP contribution in [0.15, 0.2) is 12.1 Å². The summed E-state index contributed by atoms with van der Waals surface area (Å²) in [5, 5.41) is 19.5. The van der Waals surface area contributed by atoms with Gasteiger partial charge in [-0.25, -0.2) is 8.78 Å². The van der Waals surface area contributed by atoms with E-state index in [2.05, 4.69) is 0 Å². The molecule has 1 aromatic rings. The van der Waals surface area contributed by atoms with E-state index in [4.69, 9.17) is 16.3 Å². The largest absolute Gasteiger partial charge is 0.496 e. The third kappa shape index (κ3) is 3.66. The van der Waals surface area contributed by atoms with E-state index in [9.17, 15) is 18.9 Å². The summed E-state index contributed by atoms with van der Waals surface area (Å²) in [7, 11) is -1.71. The van der Waals surface area contributed by atoms with E-state index in [1.165, 1.54) is 27.7 Å². The van der Waals surface area contributed by atoms with Crippen molar-refractivity contribution in [2.75, 3.05) is 0 Å². The average molecular weight is 293 g/mol. The summed E-state index contributed by atoms with van der Waals surface area (Å²) in [6, 6.07) is 1.48. The molecule has 7 heteroatoms. The van der Waals surface area contributed by atoms with E-state index >= 15 is 0 Å². The SMILES string of the molecule is CC(C)(O)C(C)(C)OB(O)c1c(F)cc(F)cc1Cl. The van der Waals surface area contributed by atoms with Gasteiger partial charge in [-0.1, -0.05) is 11.6 Å². The van der Waals surface area contributed by atoms with E-state index in [-0.39, 0.29) is 10.5 Å². The summed E-state index contributed by atoms with van der Waals surface area (Å²) in [5.41, 5.74) is -2.81. The molecule has 106 valence electrons. The molecule has 0 heterocycles. The van der Waals surface area contributed by atoms with Gasteiger partial charge in [-0.05, 0) is 33.8 Å². The first-order chi connectivity index (χ1) is 8.45. The van der Waals surface area contributed by atoms with E-state index in [1.807, 2.05) is 0 Å². The lowest BCUT2D eigenvalue weighted by Gasteiger charge is -2.38. The van der Waals surface area contributed by atoms with Crippen LogP contribution in [0.2, 0.25) is 5.02 Å². The third-order valence-electron chi connectivity index (χ3n) is 3.17.